The second-order valence-electron chi connectivity index (χ2n) is 3.96. The van der Waals surface area contributed by atoms with Crippen LogP contribution in [0.5, 0.6) is 0 Å². The fraction of sp³-hybridized carbons (Fsp3) is 0.308. The van der Waals surface area contributed by atoms with Crippen LogP contribution in [-0.2, 0) is 4.79 Å². The van der Waals surface area contributed by atoms with Gasteiger partial charge in [0.1, 0.15) is 17.6 Å². The number of fused-ring (bicyclic) bond motifs is 1. The van der Waals surface area contributed by atoms with Crippen LogP contribution in [0, 0.1) is 6.92 Å². The topological polar surface area (TPSA) is 30.2 Å². The minimum Gasteiger partial charge on any atom is -0.461 e. The van der Waals surface area contributed by atoms with Crippen molar-refractivity contribution in [3.05, 3.63) is 35.6 Å². The molecule has 78 valence electrons. The number of benzene rings is 1. The van der Waals surface area contributed by atoms with E-state index in [1.54, 1.807) is 0 Å². The summed E-state index contributed by atoms with van der Waals surface area (Å²) in [6, 6.07) is 8.12. The molecule has 0 spiro atoms. The quantitative estimate of drug-likeness (QED) is 0.714. The van der Waals surface area contributed by atoms with Gasteiger partial charge in [0, 0.05) is 11.8 Å². The van der Waals surface area contributed by atoms with Crippen molar-refractivity contribution in [1.82, 2.24) is 0 Å². The van der Waals surface area contributed by atoms with Crippen LogP contribution in [0.2, 0.25) is 0 Å². The summed E-state index contributed by atoms with van der Waals surface area (Å²) in [5, 5.41) is 1.11. The minimum absolute atomic E-state index is 0.280. The maximum Gasteiger partial charge on any atom is 0.134 e. The molecular formula is C13H14O2. The van der Waals surface area contributed by atoms with Gasteiger partial charge in [0.15, 0.2) is 0 Å². The van der Waals surface area contributed by atoms with Crippen LogP contribution in [0.15, 0.2) is 28.7 Å². The Kier molecular flexibility index (Phi) is 2.58. The van der Waals surface area contributed by atoms with Gasteiger partial charge in [-0.3, -0.25) is 0 Å². The maximum atomic E-state index is 10.4. The van der Waals surface area contributed by atoms with E-state index in [2.05, 4.69) is 13.0 Å². The van der Waals surface area contributed by atoms with E-state index in [0.717, 1.165) is 23.0 Å². The highest BCUT2D eigenvalue weighted by Crippen LogP contribution is 2.25. The number of carbonyl (C=O) groups excluding carboxylic acids is 1. The number of aldehydes is 1. The van der Waals surface area contributed by atoms with E-state index in [1.807, 2.05) is 25.1 Å². The molecule has 0 saturated heterocycles. The molecule has 1 aromatic carbocycles. The monoisotopic (exact) mass is 202 g/mol. The summed E-state index contributed by atoms with van der Waals surface area (Å²) in [4.78, 5) is 10.4. The fourth-order valence-electron chi connectivity index (χ4n) is 1.78. The molecule has 1 aromatic heterocycles. The van der Waals surface area contributed by atoms with Gasteiger partial charge in [-0.25, -0.2) is 0 Å². The van der Waals surface area contributed by atoms with Crippen molar-refractivity contribution in [2.45, 2.75) is 26.2 Å². The van der Waals surface area contributed by atoms with E-state index in [4.69, 9.17) is 4.42 Å². The summed E-state index contributed by atoms with van der Waals surface area (Å²) in [6.45, 7) is 4.00. The second kappa shape index (κ2) is 3.89. The van der Waals surface area contributed by atoms with Crippen LogP contribution in [0.3, 0.4) is 0 Å². The molecule has 0 aliphatic carbocycles. The zero-order valence-corrected chi connectivity index (χ0v) is 8.99. The predicted molar refractivity (Wildman–Crippen MR) is 60.0 cm³/mol. The molecule has 0 N–H and O–H groups in total. The smallest absolute Gasteiger partial charge is 0.134 e. The van der Waals surface area contributed by atoms with Crippen molar-refractivity contribution >= 4 is 17.3 Å². The molecular weight excluding hydrogens is 188 g/mol. The first-order valence-electron chi connectivity index (χ1n) is 5.14. The molecule has 2 heteroatoms. The highest BCUT2D eigenvalue weighted by molar-refractivity contribution is 5.78. The van der Waals surface area contributed by atoms with Crippen molar-refractivity contribution in [1.29, 1.82) is 0 Å². The Balaban J connectivity index is 2.41. The summed E-state index contributed by atoms with van der Waals surface area (Å²) < 4.78 is 5.49. The lowest BCUT2D eigenvalue weighted by molar-refractivity contribution is -0.108. The number of furan rings is 1. The van der Waals surface area contributed by atoms with Crippen LogP contribution in [0.4, 0.5) is 0 Å². The molecule has 0 aliphatic rings. The Labute approximate surface area is 88.9 Å². The molecule has 15 heavy (non-hydrogen) atoms. The van der Waals surface area contributed by atoms with Gasteiger partial charge >= 0.3 is 0 Å². The molecule has 0 bridgehead atoms. The van der Waals surface area contributed by atoms with Crippen LogP contribution >= 0.6 is 0 Å². The van der Waals surface area contributed by atoms with Crippen molar-refractivity contribution < 1.29 is 9.21 Å². The Morgan fingerprint density at radius 2 is 2.20 bits per heavy atom. The van der Waals surface area contributed by atoms with Gasteiger partial charge in [-0.2, -0.15) is 0 Å². The SMILES string of the molecule is Cc1cc2cc(C(C)CC=O)ccc2o1. The van der Waals surface area contributed by atoms with Gasteiger partial charge in [0.25, 0.3) is 0 Å². The van der Waals surface area contributed by atoms with Gasteiger partial charge < -0.3 is 9.21 Å². The lowest BCUT2D eigenvalue weighted by atomic mass is 9.97. The molecule has 0 saturated carbocycles. The van der Waals surface area contributed by atoms with Gasteiger partial charge in [0.05, 0.1) is 0 Å². The van der Waals surface area contributed by atoms with Crippen molar-refractivity contribution in [2.75, 3.05) is 0 Å². The number of hydrogen-bond donors (Lipinski definition) is 0. The molecule has 1 atom stereocenters. The van der Waals surface area contributed by atoms with Crippen LogP contribution in [-0.4, -0.2) is 6.29 Å². The van der Waals surface area contributed by atoms with Gasteiger partial charge in [0.2, 0.25) is 0 Å². The van der Waals surface area contributed by atoms with E-state index < -0.39 is 0 Å². The Morgan fingerprint density at radius 1 is 1.40 bits per heavy atom. The van der Waals surface area contributed by atoms with E-state index in [9.17, 15) is 4.79 Å². The normalized spacial score (nSPS) is 12.9. The first-order chi connectivity index (χ1) is 7.20. The third-order valence-electron chi connectivity index (χ3n) is 2.68. The predicted octanol–water partition coefficient (Wildman–Crippen LogP) is 3.43. The molecule has 1 heterocycles. The number of rotatable bonds is 3. The third kappa shape index (κ3) is 1.94. The summed E-state index contributed by atoms with van der Waals surface area (Å²) in [6.07, 6.45) is 1.54. The minimum atomic E-state index is 0.280. The molecule has 2 aromatic rings. The summed E-state index contributed by atoms with van der Waals surface area (Å²) in [5.74, 6) is 1.20. The Hall–Kier alpha value is -1.57. The molecule has 0 fully saturated rings. The fourth-order valence-corrected chi connectivity index (χ4v) is 1.78. The van der Waals surface area contributed by atoms with E-state index in [1.165, 1.54) is 5.56 Å². The molecule has 2 rings (SSSR count). The maximum absolute atomic E-state index is 10.4. The van der Waals surface area contributed by atoms with Crippen LogP contribution in [0.1, 0.15) is 30.6 Å². The standard InChI is InChI=1S/C13H14O2/c1-9(5-6-14)11-3-4-13-12(8-11)7-10(2)15-13/h3-4,6-9H,5H2,1-2H3. The van der Waals surface area contributed by atoms with E-state index in [-0.39, 0.29) is 5.92 Å². The highest BCUT2D eigenvalue weighted by Gasteiger charge is 2.07. The molecule has 0 amide bonds. The summed E-state index contributed by atoms with van der Waals surface area (Å²) in [7, 11) is 0. The Morgan fingerprint density at radius 3 is 2.93 bits per heavy atom. The van der Waals surface area contributed by atoms with E-state index in [0.29, 0.717) is 6.42 Å². The third-order valence-corrected chi connectivity index (χ3v) is 2.68. The molecule has 1 unspecified atom stereocenters. The zero-order valence-electron chi connectivity index (χ0n) is 8.99. The number of carbonyl (C=O) groups is 1. The van der Waals surface area contributed by atoms with E-state index >= 15 is 0 Å². The van der Waals surface area contributed by atoms with Gasteiger partial charge in [-0.1, -0.05) is 13.0 Å². The average molecular weight is 202 g/mol. The summed E-state index contributed by atoms with van der Waals surface area (Å²) in [5.41, 5.74) is 2.10. The number of aryl methyl sites for hydroxylation is 1. The van der Waals surface area contributed by atoms with Crippen molar-refractivity contribution in [3.8, 4) is 0 Å². The highest BCUT2D eigenvalue weighted by atomic mass is 16.3. The number of hydrogen-bond acceptors (Lipinski definition) is 2. The average Bonchev–Trinajstić information content (AvgIpc) is 2.57. The van der Waals surface area contributed by atoms with Crippen LogP contribution < -0.4 is 0 Å². The lowest BCUT2D eigenvalue weighted by Crippen LogP contribution is -1.93. The van der Waals surface area contributed by atoms with Gasteiger partial charge in [-0.05, 0) is 36.6 Å². The second-order valence-corrected chi connectivity index (χ2v) is 3.96. The summed E-state index contributed by atoms with van der Waals surface area (Å²) >= 11 is 0. The molecule has 0 aliphatic heterocycles. The Bertz CT molecular complexity index is 482. The molecule has 2 nitrogen and oxygen atoms in total. The van der Waals surface area contributed by atoms with Crippen LogP contribution in [0.25, 0.3) is 11.0 Å². The first-order valence-corrected chi connectivity index (χ1v) is 5.14. The zero-order chi connectivity index (χ0) is 10.8. The van der Waals surface area contributed by atoms with Crippen molar-refractivity contribution in [3.63, 3.8) is 0 Å². The largest absolute Gasteiger partial charge is 0.461 e. The first kappa shape index (κ1) is 9.97. The molecule has 0 radical (unpaired) electrons. The van der Waals surface area contributed by atoms with Crippen molar-refractivity contribution in [2.24, 2.45) is 0 Å². The van der Waals surface area contributed by atoms with Gasteiger partial charge in [-0.15, -0.1) is 0 Å². The lowest BCUT2D eigenvalue weighted by Gasteiger charge is -2.07.